The lowest BCUT2D eigenvalue weighted by atomic mass is 10.1. The highest BCUT2D eigenvalue weighted by Gasteiger charge is 2.05. The molecule has 2 heterocycles. The van der Waals surface area contributed by atoms with Gasteiger partial charge in [0.25, 0.3) is 0 Å². The van der Waals surface area contributed by atoms with Crippen molar-refractivity contribution in [2.24, 2.45) is 0 Å². The Morgan fingerprint density at radius 1 is 1.20 bits per heavy atom. The van der Waals surface area contributed by atoms with Gasteiger partial charge in [0, 0.05) is 33.0 Å². The van der Waals surface area contributed by atoms with Crippen LogP contribution in [0.2, 0.25) is 0 Å². The van der Waals surface area contributed by atoms with Gasteiger partial charge in [-0.25, -0.2) is 0 Å². The molecule has 0 aliphatic heterocycles. The van der Waals surface area contributed by atoms with E-state index in [1.165, 1.54) is 16.5 Å². The number of hydrogen-bond donors (Lipinski definition) is 2. The molecular weight excluding hydrogens is 248 g/mol. The number of rotatable bonds is 4. The van der Waals surface area contributed by atoms with Crippen molar-refractivity contribution in [1.82, 2.24) is 9.97 Å². The minimum absolute atomic E-state index is 0.768. The Balaban J connectivity index is 1.85. The molecule has 1 aromatic carbocycles. The van der Waals surface area contributed by atoms with Gasteiger partial charge in [-0.05, 0) is 23.1 Å². The molecule has 0 atom stereocenters. The number of benzene rings is 1. The zero-order valence-corrected chi connectivity index (χ0v) is 11.7. The summed E-state index contributed by atoms with van der Waals surface area (Å²) < 4.78 is 0. The van der Waals surface area contributed by atoms with Crippen molar-refractivity contribution in [3.8, 4) is 0 Å². The first-order chi connectivity index (χ1) is 9.75. The second-order valence-electron chi connectivity index (χ2n) is 5.00. The first-order valence-electron chi connectivity index (χ1n) is 6.66. The topological polar surface area (TPSA) is 44.0 Å². The van der Waals surface area contributed by atoms with Gasteiger partial charge in [-0.3, -0.25) is 4.98 Å². The summed E-state index contributed by atoms with van der Waals surface area (Å²) in [6.07, 6.45) is 5.65. The van der Waals surface area contributed by atoms with Crippen LogP contribution in [0.15, 0.2) is 48.9 Å². The molecule has 102 valence electrons. The van der Waals surface area contributed by atoms with Crippen molar-refractivity contribution < 1.29 is 0 Å². The molecule has 0 aliphatic rings. The molecule has 20 heavy (non-hydrogen) atoms. The number of para-hydroxylation sites is 1. The monoisotopic (exact) mass is 266 g/mol. The number of nitrogens with one attached hydrogen (secondary N) is 2. The number of aromatic nitrogens is 2. The molecule has 3 aromatic rings. The highest BCUT2D eigenvalue weighted by molar-refractivity contribution is 5.82. The van der Waals surface area contributed by atoms with Gasteiger partial charge in [-0.1, -0.05) is 18.2 Å². The minimum Gasteiger partial charge on any atom is -0.378 e. The van der Waals surface area contributed by atoms with Gasteiger partial charge in [0.1, 0.15) is 0 Å². The van der Waals surface area contributed by atoms with E-state index < -0.39 is 0 Å². The maximum Gasteiger partial charge on any atom is 0.0766 e. The molecule has 2 N–H and O–H groups in total. The number of hydrogen-bond acceptors (Lipinski definition) is 3. The molecule has 0 radical (unpaired) electrons. The molecule has 0 unspecified atom stereocenters. The number of nitrogens with zero attached hydrogens (tertiary/aromatic N) is 2. The van der Waals surface area contributed by atoms with Gasteiger partial charge >= 0.3 is 0 Å². The van der Waals surface area contributed by atoms with E-state index in [9.17, 15) is 0 Å². The highest BCUT2D eigenvalue weighted by atomic mass is 15.1. The van der Waals surface area contributed by atoms with E-state index >= 15 is 0 Å². The summed E-state index contributed by atoms with van der Waals surface area (Å²) in [6, 6.07) is 10.4. The summed E-state index contributed by atoms with van der Waals surface area (Å²) in [4.78, 5) is 9.57. The van der Waals surface area contributed by atoms with E-state index in [-0.39, 0.29) is 0 Å². The second kappa shape index (κ2) is 5.25. The van der Waals surface area contributed by atoms with Crippen LogP contribution in [-0.4, -0.2) is 24.1 Å². The van der Waals surface area contributed by atoms with E-state index in [2.05, 4.69) is 44.5 Å². The Hall–Kier alpha value is -2.49. The summed E-state index contributed by atoms with van der Waals surface area (Å²) in [5, 5.41) is 4.71. The molecule has 0 fully saturated rings. The quantitative estimate of drug-likeness (QED) is 0.762. The number of H-pyrrole nitrogens is 1. The van der Waals surface area contributed by atoms with Crippen molar-refractivity contribution in [3.05, 3.63) is 54.5 Å². The molecule has 3 rings (SSSR count). The van der Waals surface area contributed by atoms with Crippen LogP contribution >= 0.6 is 0 Å². The van der Waals surface area contributed by atoms with Crippen LogP contribution in [0.4, 0.5) is 11.4 Å². The Morgan fingerprint density at radius 3 is 2.95 bits per heavy atom. The van der Waals surface area contributed by atoms with E-state index in [0.717, 1.165) is 17.9 Å². The third kappa shape index (κ3) is 2.32. The van der Waals surface area contributed by atoms with Crippen LogP contribution in [0.3, 0.4) is 0 Å². The van der Waals surface area contributed by atoms with Crippen LogP contribution in [0.1, 0.15) is 5.56 Å². The first kappa shape index (κ1) is 12.5. The summed E-state index contributed by atoms with van der Waals surface area (Å²) in [6.45, 7) is 0.768. The first-order valence-corrected chi connectivity index (χ1v) is 6.66. The Morgan fingerprint density at radius 2 is 2.10 bits per heavy atom. The Kier molecular flexibility index (Phi) is 3.29. The Labute approximate surface area is 118 Å². The molecule has 4 heteroatoms. The van der Waals surface area contributed by atoms with Crippen LogP contribution in [0, 0.1) is 0 Å². The largest absolute Gasteiger partial charge is 0.378 e. The second-order valence-corrected chi connectivity index (χ2v) is 5.00. The van der Waals surface area contributed by atoms with Gasteiger partial charge in [0.05, 0.1) is 23.1 Å². The van der Waals surface area contributed by atoms with Crippen molar-refractivity contribution in [2.75, 3.05) is 24.3 Å². The predicted molar refractivity (Wildman–Crippen MR) is 84.2 cm³/mol. The summed E-state index contributed by atoms with van der Waals surface area (Å²) in [5.74, 6) is 0. The third-order valence-corrected chi connectivity index (χ3v) is 3.42. The summed E-state index contributed by atoms with van der Waals surface area (Å²) in [7, 11) is 4.07. The molecule has 4 nitrogen and oxygen atoms in total. The Bertz CT molecular complexity index is 715. The van der Waals surface area contributed by atoms with Crippen LogP contribution in [0.25, 0.3) is 10.9 Å². The fourth-order valence-corrected chi connectivity index (χ4v) is 2.40. The number of anilines is 2. The lowest BCUT2D eigenvalue weighted by Gasteiger charge is -2.18. The molecular formula is C16H18N4. The standard InChI is InChI=1S/C16H18N4/c1-20(2)15-7-8-17-11-14(15)19-10-13-5-3-4-12-6-9-18-16(12)13/h3-9,11,18-19H,10H2,1-2H3. The number of aromatic amines is 1. The molecule has 0 saturated carbocycles. The van der Waals surface area contributed by atoms with Gasteiger partial charge < -0.3 is 15.2 Å². The summed E-state index contributed by atoms with van der Waals surface area (Å²) >= 11 is 0. The lowest BCUT2D eigenvalue weighted by molar-refractivity contribution is 1.09. The number of pyridine rings is 1. The molecule has 0 spiro atoms. The van der Waals surface area contributed by atoms with Crippen molar-refractivity contribution in [3.63, 3.8) is 0 Å². The van der Waals surface area contributed by atoms with Crippen LogP contribution in [0.5, 0.6) is 0 Å². The van der Waals surface area contributed by atoms with E-state index in [4.69, 9.17) is 0 Å². The fourth-order valence-electron chi connectivity index (χ4n) is 2.40. The molecule has 0 saturated heterocycles. The average molecular weight is 266 g/mol. The molecule has 0 aliphatic carbocycles. The fraction of sp³-hybridized carbons (Fsp3) is 0.188. The number of fused-ring (bicyclic) bond motifs is 1. The predicted octanol–water partition coefficient (Wildman–Crippen LogP) is 3.24. The molecule has 0 amide bonds. The van der Waals surface area contributed by atoms with Crippen molar-refractivity contribution in [1.29, 1.82) is 0 Å². The third-order valence-electron chi connectivity index (χ3n) is 3.42. The van der Waals surface area contributed by atoms with Crippen LogP contribution in [-0.2, 0) is 6.54 Å². The zero-order chi connectivity index (χ0) is 13.9. The maximum atomic E-state index is 4.20. The van der Waals surface area contributed by atoms with E-state index in [1.54, 1.807) is 0 Å². The maximum absolute atomic E-state index is 4.20. The minimum atomic E-state index is 0.768. The highest BCUT2D eigenvalue weighted by Crippen LogP contribution is 2.24. The van der Waals surface area contributed by atoms with Crippen molar-refractivity contribution >= 4 is 22.3 Å². The van der Waals surface area contributed by atoms with Crippen LogP contribution < -0.4 is 10.2 Å². The van der Waals surface area contributed by atoms with E-state index in [0.29, 0.717) is 0 Å². The normalized spacial score (nSPS) is 10.7. The molecule has 0 bridgehead atoms. The smallest absolute Gasteiger partial charge is 0.0766 e. The lowest BCUT2D eigenvalue weighted by Crippen LogP contribution is -2.12. The van der Waals surface area contributed by atoms with Gasteiger partial charge in [-0.15, -0.1) is 0 Å². The molecule has 2 aromatic heterocycles. The van der Waals surface area contributed by atoms with Gasteiger partial charge in [0.15, 0.2) is 0 Å². The van der Waals surface area contributed by atoms with Gasteiger partial charge in [0.2, 0.25) is 0 Å². The summed E-state index contributed by atoms with van der Waals surface area (Å²) in [5.41, 5.74) is 4.62. The van der Waals surface area contributed by atoms with E-state index in [1.807, 2.05) is 38.8 Å². The van der Waals surface area contributed by atoms with Gasteiger partial charge in [-0.2, -0.15) is 0 Å². The average Bonchev–Trinajstić information content (AvgIpc) is 2.94. The zero-order valence-electron chi connectivity index (χ0n) is 11.7. The van der Waals surface area contributed by atoms with Crippen molar-refractivity contribution in [2.45, 2.75) is 6.54 Å². The SMILES string of the molecule is CN(C)c1ccncc1NCc1cccc2cc[nH]c12.